The smallest absolute Gasteiger partial charge is 0.224 e. The molecular formula is C10H16N4O. The molecule has 0 saturated carbocycles. The van der Waals surface area contributed by atoms with Crippen molar-refractivity contribution < 1.29 is 4.79 Å². The summed E-state index contributed by atoms with van der Waals surface area (Å²) in [7, 11) is 0. The molecule has 5 heteroatoms. The van der Waals surface area contributed by atoms with E-state index in [1.165, 1.54) is 0 Å². The molecule has 2 heterocycles. The number of carbonyl (C=O) groups is 1. The first-order valence-corrected chi connectivity index (χ1v) is 5.32. The van der Waals surface area contributed by atoms with Crippen LogP contribution in [-0.4, -0.2) is 29.0 Å². The van der Waals surface area contributed by atoms with Crippen LogP contribution in [0.1, 0.15) is 18.5 Å². The van der Waals surface area contributed by atoms with E-state index in [9.17, 15) is 4.79 Å². The average Bonchev–Trinajstić information content (AvgIpc) is 2.80. The van der Waals surface area contributed by atoms with E-state index in [-0.39, 0.29) is 11.8 Å². The summed E-state index contributed by atoms with van der Waals surface area (Å²) in [6.07, 6.45) is 5.41. The SMILES string of the molecule is O=C(NCc1cnc[nH]1)[C@@H]1CCCNC1. The number of rotatable bonds is 3. The Balaban J connectivity index is 1.76. The number of piperidine rings is 1. The van der Waals surface area contributed by atoms with Crippen molar-refractivity contribution in [2.75, 3.05) is 13.1 Å². The van der Waals surface area contributed by atoms with Gasteiger partial charge < -0.3 is 15.6 Å². The number of aromatic nitrogens is 2. The van der Waals surface area contributed by atoms with Crippen molar-refractivity contribution in [1.29, 1.82) is 0 Å². The largest absolute Gasteiger partial charge is 0.350 e. The van der Waals surface area contributed by atoms with Gasteiger partial charge in [0, 0.05) is 12.7 Å². The van der Waals surface area contributed by atoms with Gasteiger partial charge in [0.25, 0.3) is 0 Å². The third-order valence-electron chi connectivity index (χ3n) is 2.68. The van der Waals surface area contributed by atoms with E-state index in [0.29, 0.717) is 6.54 Å². The highest BCUT2D eigenvalue weighted by molar-refractivity contribution is 5.78. The molecule has 1 fully saturated rings. The first kappa shape index (κ1) is 10.2. The minimum atomic E-state index is 0.127. The molecule has 82 valence electrons. The van der Waals surface area contributed by atoms with Crippen LogP contribution in [0.25, 0.3) is 0 Å². The van der Waals surface area contributed by atoms with Gasteiger partial charge in [0.05, 0.1) is 24.5 Å². The topological polar surface area (TPSA) is 69.8 Å². The van der Waals surface area contributed by atoms with Gasteiger partial charge in [-0.3, -0.25) is 4.79 Å². The van der Waals surface area contributed by atoms with Crippen LogP contribution in [0.5, 0.6) is 0 Å². The quantitative estimate of drug-likeness (QED) is 0.656. The third-order valence-corrected chi connectivity index (χ3v) is 2.68. The van der Waals surface area contributed by atoms with Crippen molar-refractivity contribution in [3.05, 3.63) is 18.2 Å². The summed E-state index contributed by atoms with van der Waals surface area (Å²) in [6.45, 7) is 2.37. The van der Waals surface area contributed by atoms with Crippen molar-refractivity contribution in [3.63, 3.8) is 0 Å². The van der Waals surface area contributed by atoms with E-state index in [1.807, 2.05) is 0 Å². The highest BCUT2D eigenvalue weighted by atomic mass is 16.1. The molecule has 1 aromatic rings. The van der Waals surface area contributed by atoms with Gasteiger partial charge in [-0.25, -0.2) is 4.98 Å². The van der Waals surface area contributed by atoms with Crippen LogP contribution in [0.15, 0.2) is 12.5 Å². The standard InChI is InChI=1S/C10H16N4O/c15-10(8-2-1-3-11-4-8)13-6-9-5-12-7-14-9/h5,7-8,11H,1-4,6H2,(H,12,14)(H,13,15)/t8-/m1/s1. The number of hydrogen-bond donors (Lipinski definition) is 3. The molecule has 1 aliphatic rings. The van der Waals surface area contributed by atoms with Crippen LogP contribution < -0.4 is 10.6 Å². The molecule has 0 unspecified atom stereocenters. The van der Waals surface area contributed by atoms with Gasteiger partial charge in [-0.15, -0.1) is 0 Å². The molecule has 0 aromatic carbocycles. The summed E-state index contributed by atoms with van der Waals surface area (Å²) >= 11 is 0. The number of H-pyrrole nitrogens is 1. The fraction of sp³-hybridized carbons (Fsp3) is 0.600. The van der Waals surface area contributed by atoms with E-state index in [0.717, 1.165) is 31.6 Å². The van der Waals surface area contributed by atoms with Gasteiger partial charge in [0.1, 0.15) is 0 Å². The molecule has 0 aliphatic carbocycles. The summed E-state index contributed by atoms with van der Waals surface area (Å²) in [5.74, 6) is 0.262. The predicted octanol–water partition coefficient (Wildman–Crippen LogP) is 0.0255. The third kappa shape index (κ3) is 2.79. The second-order valence-corrected chi connectivity index (χ2v) is 3.84. The number of carbonyl (C=O) groups excluding carboxylic acids is 1. The maximum Gasteiger partial charge on any atom is 0.224 e. The molecule has 1 atom stereocenters. The zero-order valence-corrected chi connectivity index (χ0v) is 8.62. The van der Waals surface area contributed by atoms with Crippen LogP contribution in [0.4, 0.5) is 0 Å². The molecule has 0 radical (unpaired) electrons. The Morgan fingerprint density at radius 2 is 2.60 bits per heavy atom. The number of nitrogens with one attached hydrogen (secondary N) is 3. The van der Waals surface area contributed by atoms with E-state index in [2.05, 4.69) is 20.6 Å². The molecule has 5 nitrogen and oxygen atoms in total. The molecule has 1 amide bonds. The highest BCUT2D eigenvalue weighted by Gasteiger charge is 2.20. The molecule has 1 aromatic heterocycles. The maximum absolute atomic E-state index is 11.7. The Bertz CT molecular complexity index is 303. The second-order valence-electron chi connectivity index (χ2n) is 3.84. The number of nitrogens with zero attached hydrogens (tertiary/aromatic N) is 1. The Morgan fingerprint density at radius 1 is 1.67 bits per heavy atom. The van der Waals surface area contributed by atoms with Gasteiger partial charge in [0.15, 0.2) is 0 Å². The van der Waals surface area contributed by atoms with Gasteiger partial charge in [-0.2, -0.15) is 0 Å². The lowest BCUT2D eigenvalue weighted by atomic mass is 9.99. The first-order valence-electron chi connectivity index (χ1n) is 5.32. The fourth-order valence-electron chi connectivity index (χ4n) is 1.78. The zero-order valence-electron chi connectivity index (χ0n) is 8.62. The summed E-state index contributed by atoms with van der Waals surface area (Å²) in [4.78, 5) is 18.6. The van der Waals surface area contributed by atoms with Crippen molar-refractivity contribution in [2.45, 2.75) is 19.4 Å². The lowest BCUT2D eigenvalue weighted by molar-refractivity contribution is -0.125. The van der Waals surface area contributed by atoms with Gasteiger partial charge >= 0.3 is 0 Å². The van der Waals surface area contributed by atoms with Crippen LogP contribution in [0.2, 0.25) is 0 Å². The molecule has 0 spiro atoms. The first-order chi connectivity index (χ1) is 7.36. The number of hydrogen-bond acceptors (Lipinski definition) is 3. The van der Waals surface area contributed by atoms with Crippen molar-refractivity contribution >= 4 is 5.91 Å². The van der Waals surface area contributed by atoms with Crippen molar-refractivity contribution in [3.8, 4) is 0 Å². The molecule has 1 saturated heterocycles. The number of amides is 1. The van der Waals surface area contributed by atoms with E-state index >= 15 is 0 Å². The summed E-state index contributed by atoms with van der Waals surface area (Å²) in [5.41, 5.74) is 0.937. The van der Waals surface area contributed by atoms with Gasteiger partial charge in [-0.1, -0.05) is 0 Å². The lowest BCUT2D eigenvalue weighted by Crippen LogP contribution is -2.40. The van der Waals surface area contributed by atoms with E-state index in [1.54, 1.807) is 12.5 Å². The van der Waals surface area contributed by atoms with Crippen molar-refractivity contribution in [2.24, 2.45) is 5.92 Å². The Kier molecular flexibility index (Phi) is 3.34. The maximum atomic E-state index is 11.7. The van der Waals surface area contributed by atoms with Crippen molar-refractivity contribution in [1.82, 2.24) is 20.6 Å². The van der Waals surface area contributed by atoms with E-state index in [4.69, 9.17) is 0 Å². The molecule has 2 rings (SSSR count). The normalized spacial score (nSPS) is 21.2. The van der Waals surface area contributed by atoms with Gasteiger partial charge in [-0.05, 0) is 19.4 Å². The molecule has 15 heavy (non-hydrogen) atoms. The van der Waals surface area contributed by atoms with Crippen LogP contribution >= 0.6 is 0 Å². The molecule has 1 aliphatic heterocycles. The minimum absolute atomic E-state index is 0.127. The fourth-order valence-corrected chi connectivity index (χ4v) is 1.78. The zero-order chi connectivity index (χ0) is 10.5. The summed E-state index contributed by atoms with van der Waals surface area (Å²) < 4.78 is 0. The molecular weight excluding hydrogens is 192 g/mol. The minimum Gasteiger partial charge on any atom is -0.350 e. The number of aromatic amines is 1. The van der Waals surface area contributed by atoms with Crippen LogP contribution in [-0.2, 0) is 11.3 Å². The van der Waals surface area contributed by atoms with Crippen LogP contribution in [0.3, 0.4) is 0 Å². The number of imidazole rings is 1. The van der Waals surface area contributed by atoms with Crippen LogP contribution in [0, 0.1) is 5.92 Å². The molecule has 3 N–H and O–H groups in total. The monoisotopic (exact) mass is 208 g/mol. The lowest BCUT2D eigenvalue weighted by Gasteiger charge is -2.21. The summed E-state index contributed by atoms with van der Waals surface area (Å²) in [5, 5.41) is 6.13. The highest BCUT2D eigenvalue weighted by Crippen LogP contribution is 2.09. The average molecular weight is 208 g/mol. The van der Waals surface area contributed by atoms with E-state index < -0.39 is 0 Å². The Hall–Kier alpha value is -1.36. The Labute approximate surface area is 88.7 Å². The Morgan fingerprint density at radius 3 is 3.27 bits per heavy atom. The second kappa shape index (κ2) is 4.93. The summed E-state index contributed by atoms with van der Waals surface area (Å²) in [6, 6.07) is 0. The molecule has 0 bridgehead atoms. The van der Waals surface area contributed by atoms with Gasteiger partial charge in [0.2, 0.25) is 5.91 Å². The predicted molar refractivity (Wildman–Crippen MR) is 56.0 cm³/mol.